The van der Waals surface area contributed by atoms with E-state index in [0.29, 0.717) is 25.3 Å². The van der Waals surface area contributed by atoms with E-state index in [9.17, 15) is 8.78 Å². The number of fused-ring (bicyclic) bond motifs is 1. The Morgan fingerprint density at radius 1 is 1.29 bits per heavy atom. The monoisotopic (exact) mass is 221 g/mol. The number of ether oxygens (including phenoxy) is 1. The summed E-state index contributed by atoms with van der Waals surface area (Å²) < 4.78 is 31.0. The summed E-state index contributed by atoms with van der Waals surface area (Å²) in [7, 11) is 0. The van der Waals surface area contributed by atoms with Gasteiger partial charge in [0.2, 0.25) is 0 Å². The van der Waals surface area contributed by atoms with Crippen molar-refractivity contribution in [1.82, 2.24) is 5.32 Å². The Morgan fingerprint density at radius 2 is 2.07 bits per heavy atom. The Balaban J connectivity index is 0.000000980. The summed E-state index contributed by atoms with van der Waals surface area (Å²) in [5.74, 6) is -1.02. The SMILES string of the molecule is Cl.Fc1cc(F)c2c(c1)CNCCO2. The number of hydrogen-bond acceptors (Lipinski definition) is 2. The Kier molecular flexibility index (Phi) is 3.66. The second kappa shape index (κ2) is 4.57. The fourth-order valence-electron chi connectivity index (χ4n) is 1.35. The van der Waals surface area contributed by atoms with Gasteiger partial charge in [-0.15, -0.1) is 12.4 Å². The fraction of sp³-hybridized carbons (Fsp3) is 0.333. The molecular weight excluding hydrogens is 212 g/mol. The number of nitrogens with one attached hydrogen (secondary N) is 1. The van der Waals surface area contributed by atoms with Crippen molar-refractivity contribution in [2.24, 2.45) is 0 Å². The predicted molar refractivity (Wildman–Crippen MR) is 50.8 cm³/mol. The largest absolute Gasteiger partial charge is 0.489 e. The summed E-state index contributed by atoms with van der Waals surface area (Å²) in [5.41, 5.74) is 0.537. The van der Waals surface area contributed by atoms with Crippen LogP contribution in [0.5, 0.6) is 5.75 Å². The van der Waals surface area contributed by atoms with E-state index >= 15 is 0 Å². The van der Waals surface area contributed by atoms with Crippen LogP contribution in [0.3, 0.4) is 0 Å². The van der Waals surface area contributed by atoms with Crippen molar-refractivity contribution in [1.29, 1.82) is 0 Å². The number of rotatable bonds is 0. The van der Waals surface area contributed by atoms with Gasteiger partial charge in [-0.1, -0.05) is 0 Å². The van der Waals surface area contributed by atoms with Gasteiger partial charge in [-0.3, -0.25) is 0 Å². The molecule has 1 aromatic carbocycles. The Hall–Kier alpha value is -0.870. The molecule has 1 N–H and O–H groups in total. The number of benzene rings is 1. The molecule has 0 bridgehead atoms. The van der Waals surface area contributed by atoms with Gasteiger partial charge in [-0.2, -0.15) is 0 Å². The zero-order valence-corrected chi connectivity index (χ0v) is 8.16. The average molecular weight is 222 g/mol. The molecule has 0 spiro atoms. The molecule has 1 aromatic rings. The minimum atomic E-state index is -0.626. The molecule has 5 heteroatoms. The van der Waals surface area contributed by atoms with E-state index in [4.69, 9.17) is 4.74 Å². The van der Waals surface area contributed by atoms with Gasteiger partial charge < -0.3 is 10.1 Å². The van der Waals surface area contributed by atoms with E-state index in [1.165, 1.54) is 6.07 Å². The molecule has 0 aromatic heterocycles. The van der Waals surface area contributed by atoms with Crippen LogP contribution in [0.1, 0.15) is 5.56 Å². The third kappa shape index (κ3) is 2.13. The second-order valence-corrected chi connectivity index (χ2v) is 2.90. The van der Waals surface area contributed by atoms with E-state index < -0.39 is 11.6 Å². The van der Waals surface area contributed by atoms with Crippen LogP contribution in [0.25, 0.3) is 0 Å². The van der Waals surface area contributed by atoms with Gasteiger partial charge >= 0.3 is 0 Å². The first-order chi connectivity index (χ1) is 6.27. The molecule has 2 rings (SSSR count). The van der Waals surface area contributed by atoms with Crippen LogP contribution in [0, 0.1) is 11.6 Å². The molecule has 0 unspecified atom stereocenters. The first-order valence-corrected chi connectivity index (χ1v) is 4.09. The van der Waals surface area contributed by atoms with E-state index in [1.54, 1.807) is 0 Å². The van der Waals surface area contributed by atoms with Gasteiger partial charge in [-0.25, -0.2) is 8.78 Å². The van der Waals surface area contributed by atoms with Gasteiger partial charge in [0.05, 0.1) is 0 Å². The van der Waals surface area contributed by atoms with E-state index in [1.807, 2.05) is 0 Å². The first-order valence-electron chi connectivity index (χ1n) is 4.09. The van der Waals surface area contributed by atoms with Crippen LogP contribution >= 0.6 is 12.4 Å². The quantitative estimate of drug-likeness (QED) is 0.722. The van der Waals surface area contributed by atoms with Crippen molar-refractivity contribution in [3.8, 4) is 5.75 Å². The van der Waals surface area contributed by atoms with Gasteiger partial charge in [0.25, 0.3) is 0 Å². The van der Waals surface area contributed by atoms with Crippen LogP contribution < -0.4 is 10.1 Å². The molecule has 1 aliphatic heterocycles. The Labute approximate surface area is 86.7 Å². The first kappa shape index (κ1) is 11.2. The maximum absolute atomic E-state index is 13.1. The highest BCUT2D eigenvalue weighted by molar-refractivity contribution is 5.85. The maximum atomic E-state index is 13.1. The lowest BCUT2D eigenvalue weighted by atomic mass is 10.2. The summed E-state index contributed by atoms with van der Waals surface area (Å²) >= 11 is 0. The highest BCUT2D eigenvalue weighted by atomic mass is 35.5. The molecule has 14 heavy (non-hydrogen) atoms. The van der Waals surface area contributed by atoms with Crippen LogP contribution in [-0.2, 0) is 6.54 Å². The summed E-state index contributed by atoms with van der Waals surface area (Å²) in [5, 5.41) is 3.00. The number of halogens is 3. The van der Waals surface area contributed by atoms with Crippen LogP contribution in [0.2, 0.25) is 0 Å². The summed E-state index contributed by atoms with van der Waals surface area (Å²) in [4.78, 5) is 0. The molecule has 2 nitrogen and oxygen atoms in total. The van der Waals surface area contributed by atoms with Crippen molar-refractivity contribution in [3.63, 3.8) is 0 Å². The summed E-state index contributed by atoms with van der Waals surface area (Å²) in [6.07, 6.45) is 0. The van der Waals surface area contributed by atoms with Crippen LogP contribution in [-0.4, -0.2) is 13.2 Å². The molecule has 0 aliphatic carbocycles. The Morgan fingerprint density at radius 3 is 2.86 bits per heavy atom. The smallest absolute Gasteiger partial charge is 0.168 e. The maximum Gasteiger partial charge on any atom is 0.168 e. The minimum Gasteiger partial charge on any atom is -0.489 e. The van der Waals surface area contributed by atoms with Gasteiger partial charge in [0.1, 0.15) is 12.4 Å². The molecule has 0 saturated carbocycles. The van der Waals surface area contributed by atoms with Gasteiger partial charge in [0.15, 0.2) is 11.6 Å². The molecule has 1 heterocycles. The molecule has 1 aliphatic rings. The third-order valence-corrected chi connectivity index (χ3v) is 1.93. The lowest BCUT2D eigenvalue weighted by molar-refractivity contribution is 0.308. The lowest BCUT2D eigenvalue weighted by Gasteiger charge is -2.06. The highest BCUT2D eigenvalue weighted by Crippen LogP contribution is 2.25. The summed E-state index contributed by atoms with van der Waals surface area (Å²) in [6, 6.07) is 2.13. The lowest BCUT2D eigenvalue weighted by Crippen LogP contribution is -2.16. The molecule has 0 radical (unpaired) electrons. The Bertz CT molecular complexity index is 333. The van der Waals surface area contributed by atoms with E-state index in [2.05, 4.69) is 5.32 Å². The molecule has 0 atom stereocenters. The average Bonchev–Trinajstić information content (AvgIpc) is 2.28. The third-order valence-electron chi connectivity index (χ3n) is 1.93. The molecule has 0 saturated heterocycles. The number of hydrogen-bond donors (Lipinski definition) is 1. The molecule has 0 fully saturated rings. The zero-order valence-electron chi connectivity index (χ0n) is 7.35. The van der Waals surface area contributed by atoms with E-state index in [-0.39, 0.29) is 18.2 Å². The summed E-state index contributed by atoms with van der Waals surface area (Å²) in [6.45, 7) is 1.51. The topological polar surface area (TPSA) is 21.3 Å². The second-order valence-electron chi connectivity index (χ2n) is 2.90. The van der Waals surface area contributed by atoms with Crippen LogP contribution in [0.15, 0.2) is 12.1 Å². The van der Waals surface area contributed by atoms with Crippen molar-refractivity contribution in [2.45, 2.75) is 6.54 Å². The molecule has 0 amide bonds. The molecular formula is C9H10ClF2NO. The van der Waals surface area contributed by atoms with Crippen molar-refractivity contribution < 1.29 is 13.5 Å². The fourth-order valence-corrected chi connectivity index (χ4v) is 1.35. The van der Waals surface area contributed by atoms with Gasteiger partial charge in [0, 0.05) is 24.7 Å². The highest BCUT2D eigenvalue weighted by Gasteiger charge is 2.14. The van der Waals surface area contributed by atoms with Crippen molar-refractivity contribution in [3.05, 3.63) is 29.3 Å². The van der Waals surface area contributed by atoms with Crippen LogP contribution in [0.4, 0.5) is 8.78 Å². The van der Waals surface area contributed by atoms with Crippen molar-refractivity contribution >= 4 is 12.4 Å². The van der Waals surface area contributed by atoms with E-state index in [0.717, 1.165) is 6.07 Å². The predicted octanol–water partition coefficient (Wildman–Crippen LogP) is 1.87. The minimum absolute atomic E-state index is 0. The standard InChI is InChI=1S/C9H9F2NO.ClH/c10-7-3-6-5-12-1-2-13-9(6)8(11)4-7;/h3-4,12H,1-2,5H2;1H. The van der Waals surface area contributed by atoms with Gasteiger partial charge in [-0.05, 0) is 6.07 Å². The molecule has 78 valence electrons. The van der Waals surface area contributed by atoms with Crippen molar-refractivity contribution in [2.75, 3.05) is 13.2 Å². The zero-order chi connectivity index (χ0) is 9.26. The normalized spacial score (nSPS) is 14.7.